The number of aryl methyl sites for hydroxylation is 1. The van der Waals surface area contributed by atoms with Crippen molar-refractivity contribution in [2.45, 2.75) is 6.92 Å². The van der Waals surface area contributed by atoms with E-state index < -0.39 is 8.11 Å². The summed E-state index contributed by atoms with van der Waals surface area (Å²) in [5.41, 5.74) is 0.938. The minimum absolute atomic E-state index is 0.310. The van der Waals surface area contributed by atoms with Gasteiger partial charge < -0.3 is 0 Å². The van der Waals surface area contributed by atoms with Gasteiger partial charge in [0.1, 0.15) is 0 Å². The maximum atomic E-state index is 12.2. The van der Waals surface area contributed by atoms with E-state index in [0.717, 1.165) is 5.56 Å². The molecule has 0 aliphatic rings. The van der Waals surface area contributed by atoms with E-state index in [1.165, 1.54) is 6.07 Å². The first-order valence-corrected chi connectivity index (χ1v) is 4.25. The van der Waals surface area contributed by atoms with Crippen molar-refractivity contribution in [3.05, 3.63) is 29.8 Å². The third-order valence-electron chi connectivity index (χ3n) is 1.25. The average molecular weight is 158 g/mol. The lowest BCUT2D eigenvalue weighted by Crippen LogP contribution is -1.92. The standard InChI is InChI=1S/C7H8FOP/c1-6-3-2-4-7(5-6)10(8)9/h2-5,10H,1H3. The molecule has 0 aromatic heterocycles. The van der Waals surface area contributed by atoms with Gasteiger partial charge in [-0.15, -0.1) is 0 Å². The molecule has 0 heterocycles. The van der Waals surface area contributed by atoms with Crippen LogP contribution in [0.15, 0.2) is 24.3 Å². The van der Waals surface area contributed by atoms with Gasteiger partial charge in [0.05, 0.1) is 0 Å². The Labute approximate surface area is 59.8 Å². The SMILES string of the molecule is Cc1cccc([PH](=O)F)c1. The number of rotatable bonds is 1. The summed E-state index contributed by atoms with van der Waals surface area (Å²) in [4.78, 5) is 0. The lowest BCUT2D eigenvalue weighted by molar-refractivity contribution is 0.567. The molecule has 0 N–H and O–H groups in total. The smallest absolute Gasteiger partial charge is 0.261 e. The monoisotopic (exact) mass is 158 g/mol. The van der Waals surface area contributed by atoms with Crippen LogP contribution in [0.25, 0.3) is 0 Å². The fourth-order valence-electron chi connectivity index (χ4n) is 0.767. The Morgan fingerprint density at radius 1 is 1.50 bits per heavy atom. The summed E-state index contributed by atoms with van der Waals surface area (Å²) in [6.07, 6.45) is 0. The molecule has 0 radical (unpaired) electrons. The second-order valence-corrected chi connectivity index (χ2v) is 3.27. The first-order chi connectivity index (χ1) is 4.70. The predicted molar refractivity (Wildman–Crippen MR) is 40.9 cm³/mol. The van der Waals surface area contributed by atoms with E-state index in [1.807, 2.05) is 13.0 Å². The first kappa shape index (κ1) is 7.49. The van der Waals surface area contributed by atoms with Gasteiger partial charge in [0.25, 0.3) is 8.11 Å². The van der Waals surface area contributed by atoms with E-state index in [-0.39, 0.29) is 0 Å². The fraction of sp³-hybridized carbons (Fsp3) is 0.143. The average Bonchev–Trinajstić information content (AvgIpc) is 1.88. The van der Waals surface area contributed by atoms with Crippen molar-refractivity contribution in [2.75, 3.05) is 0 Å². The van der Waals surface area contributed by atoms with Crippen molar-refractivity contribution in [1.29, 1.82) is 0 Å². The number of halogens is 1. The summed E-state index contributed by atoms with van der Waals surface area (Å²) in [7, 11) is -2.98. The summed E-state index contributed by atoms with van der Waals surface area (Å²) < 4.78 is 22.5. The Morgan fingerprint density at radius 2 is 2.20 bits per heavy atom. The summed E-state index contributed by atoms with van der Waals surface area (Å²) in [5.74, 6) is 0. The van der Waals surface area contributed by atoms with E-state index >= 15 is 0 Å². The molecule has 1 rings (SSSR count). The Kier molecular flexibility index (Phi) is 2.23. The zero-order chi connectivity index (χ0) is 7.56. The molecule has 0 aliphatic carbocycles. The summed E-state index contributed by atoms with van der Waals surface area (Å²) >= 11 is 0. The van der Waals surface area contributed by atoms with Gasteiger partial charge in [0, 0.05) is 5.30 Å². The molecule has 0 saturated carbocycles. The molecule has 1 atom stereocenters. The molecular weight excluding hydrogens is 150 g/mol. The van der Waals surface area contributed by atoms with E-state index in [0.29, 0.717) is 5.30 Å². The number of hydrogen-bond acceptors (Lipinski definition) is 1. The van der Waals surface area contributed by atoms with Gasteiger partial charge in [-0.25, -0.2) is 0 Å². The van der Waals surface area contributed by atoms with Crippen LogP contribution in [0.5, 0.6) is 0 Å². The van der Waals surface area contributed by atoms with Crippen molar-refractivity contribution < 1.29 is 8.76 Å². The largest absolute Gasteiger partial charge is 0.286 e. The van der Waals surface area contributed by atoms with Crippen LogP contribution in [0.4, 0.5) is 4.20 Å². The Hall–Kier alpha value is -0.620. The molecule has 1 nitrogen and oxygen atoms in total. The van der Waals surface area contributed by atoms with Crippen molar-refractivity contribution in [1.82, 2.24) is 0 Å². The summed E-state index contributed by atoms with van der Waals surface area (Å²) in [6, 6.07) is 6.68. The summed E-state index contributed by atoms with van der Waals surface area (Å²) in [6.45, 7) is 1.84. The third kappa shape index (κ3) is 1.68. The maximum Gasteiger partial charge on any atom is 0.261 e. The van der Waals surface area contributed by atoms with Gasteiger partial charge in [0.2, 0.25) is 0 Å². The normalized spacial score (nSPS) is 13.0. The molecule has 3 heteroatoms. The minimum atomic E-state index is -2.98. The van der Waals surface area contributed by atoms with Gasteiger partial charge in [0.15, 0.2) is 0 Å². The molecule has 0 aliphatic heterocycles. The Balaban J connectivity index is 3.07. The molecule has 0 amide bonds. The predicted octanol–water partition coefficient (Wildman–Crippen LogP) is 2.06. The minimum Gasteiger partial charge on any atom is -0.286 e. The van der Waals surface area contributed by atoms with E-state index in [1.54, 1.807) is 12.1 Å². The van der Waals surface area contributed by atoms with Crippen LogP contribution >= 0.6 is 8.11 Å². The van der Waals surface area contributed by atoms with E-state index in [4.69, 9.17) is 0 Å². The van der Waals surface area contributed by atoms with Gasteiger partial charge in [-0.3, -0.25) is 4.57 Å². The van der Waals surface area contributed by atoms with Crippen LogP contribution in [-0.2, 0) is 4.57 Å². The molecule has 0 saturated heterocycles. The van der Waals surface area contributed by atoms with Gasteiger partial charge in [-0.1, -0.05) is 17.7 Å². The van der Waals surface area contributed by atoms with Crippen LogP contribution in [0.2, 0.25) is 0 Å². The lowest BCUT2D eigenvalue weighted by Gasteiger charge is -1.93. The highest BCUT2D eigenvalue weighted by Gasteiger charge is 1.98. The lowest BCUT2D eigenvalue weighted by atomic mass is 10.2. The van der Waals surface area contributed by atoms with Gasteiger partial charge in [-0.05, 0) is 19.1 Å². The second kappa shape index (κ2) is 2.98. The van der Waals surface area contributed by atoms with Crippen LogP contribution in [0.3, 0.4) is 0 Å². The molecule has 1 aromatic carbocycles. The first-order valence-electron chi connectivity index (χ1n) is 2.96. The highest BCUT2D eigenvalue weighted by atomic mass is 31.1. The molecule has 0 fully saturated rings. The van der Waals surface area contributed by atoms with Gasteiger partial charge in [-0.2, -0.15) is 4.20 Å². The van der Waals surface area contributed by atoms with Crippen molar-refractivity contribution >= 4 is 13.4 Å². The van der Waals surface area contributed by atoms with Crippen LogP contribution in [0, 0.1) is 6.92 Å². The zero-order valence-electron chi connectivity index (χ0n) is 5.60. The molecule has 1 aromatic rings. The van der Waals surface area contributed by atoms with E-state index in [9.17, 15) is 8.76 Å². The van der Waals surface area contributed by atoms with Crippen molar-refractivity contribution in [3.8, 4) is 0 Å². The molecule has 1 unspecified atom stereocenters. The van der Waals surface area contributed by atoms with E-state index in [2.05, 4.69) is 0 Å². The highest BCUT2D eigenvalue weighted by Crippen LogP contribution is 2.20. The molecular formula is C7H8FOP. The zero-order valence-corrected chi connectivity index (χ0v) is 6.60. The maximum absolute atomic E-state index is 12.2. The topological polar surface area (TPSA) is 17.1 Å². The second-order valence-electron chi connectivity index (χ2n) is 2.14. The van der Waals surface area contributed by atoms with Crippen molar-refractivity contribution in [3.63, 3.8) is 0 Å². The fourth-order valence-corrected chi connectivity index (χ4v) is 1.34. The van der Waals surface area contributed by atoms with Gasteiger partial charge >= 0.3 is 0 Å². The van der Waals surface area contributed by atoms with Crippen LogP contribution in [-0.4, -0.2) is 0 Å². The molecule has 54 valence electrons. The molecule has 0 bridgehead atoms. The van der Waals surface area contributed by atoms with Crippen LogP contribution in [0.1, 0.15) is 5.56 Å². The highest BCUT2D eigenvalue weighted by molar-refractivity contribution is 7.47. The number of hydrogen-bond donors (Lipinski definition) is 0. The molecule has 0 spiro atoms. The summed E-state index contributed by atoms with van der Waals surface area (Å²) in [5, 5.41) is 0.310. The Morgan fingerprint density at radius 3 is 2.60 bits per heavy atom. The van der Waals surface area contributed by atoms with Crippen molar-refractivity contribution in [2.24, 2.45) is 0 Å². The molecule has 10 heavy (non-hydrogen) atoms. The Bertz CT molecular complexity index is 260. The number of benzene rings is 1. The third-order valence-corrected chi connectivity index (χ3v) is 2.01. The van der Waals surface area contributed by atoms with Crippen LogP contribution < -0.4 is 5.30 Å². The quantitative estimate of drug-likeness (QED) is 0.572.